The summed E-state index contributed by atoms with van der Waals surface area (Å²) in [5, 5.41) is 6.39. The molecule has 1 fully saturated rings. The number of hydrogen-bond acceptors (Lipinski definition) is 5. The predicted octanol–water partition coefficient (Wildman–Crippen LogP) is 3.61. The molecule has 29 heavy (non-hydrogen) atoms. The molecule has 2 amide bonds. The van der Waals surface area contributed by atoms with E-state index in [1.807, 2.05) is 6.07 Å². The summed E-state index contributed by atoms with van der Waals surface area (Å²) in [6, 6.07) is 7.05. The zero-order valence-electron chi connectivity index (χ0n) is 15.6. The first-order valence-electron chi connectivity index (χ1n) is 9.53. The number of amides is 2. The van der Waals surface area contributed by atoms with Crippen LogP contribution >= 0.6 is 11.6 Å². The molecular formula is C21H20ClN5O2. The summed E-state index contributed by atoms with van der Waals surface area (Å²) in [5.41, 5.74) is 2.32. The van der Waals surface area contributed by atoms with Gasteiger partial charge in [-0.1, -0.05) is 17.7 Å². The van der Waals surface area contributed by atoms with Gasteiger partial charge in [-0.25, -0.2) is 0 Å². The lowest BCUT2D eigenvalue weighted by Crippen LogP contribution is -2.39. The highest BCUT2D eigenvalue weighted by Crippen LogP contribution is 2.27. The number of pyridine rings is 1. The molecule has 0 bridgehead atoms. The number of nitrogens with zero attached hydrogens (tertiary/aromatic N) is 3. The topological polar surface area (TPSA) is 96.9 Å². The molecule has 3 aromatic rings. The molecule has 0 unspecified atom stereocenters. The molecule has 148 valence electrons. The molecular weight excluding hydrogens is 390 g/mol. The summed E-state index contributed by atoms with van der Waals surface area (Å²) < 4.78 is 0. The largest absolute Gasteiger partial charge is 0.349 e. The number of halogens is 1. The smallest absolute Gasteiger partial charge is 0.253 e. The van der Waals surface area contributed by atoms with Crippen molar-refractivity contribution < 1.29 is 9.59 Å². The van der Waals surface area contributed by atoms with Gasteiger partial charge in [-0.05, 0) is 43.9 Å². The summed E-state index contributed by atoms with van der Waals surface area (Å²) in [6.07, 6.45) is 9.18. The van der Waals surface area contributed by atoms with Crippen LogP contribution in [0.15, 0.2) is 49.1 Å². The molecule has 0 atom stereocenters. The average Bonchev–Trinajstić information content (AvgIpc) is 2.75. The molecule has 1 aliphatic carbocycles. The minimum Gasteiger partial charge on any atom is -0.349 e. The van der Waals surface area contributed by atoms with Gasteiger partial charge in [0.05, 0.1) is 28.0 Å². The van der Waals surface area contributed by atoms with Crippen LogP contribution in [0.25, 0.3) is 11.0 Å². The fraction of sp³-hybridized carbons (Fsp3) is 0.286. The van der Waals surface area contributed by atoms with Crippen molar-refractivity contribution in [3.8, 4) is 0 Å². The van der Waals surface area contributed by atoms with Crippen LogP contribution in [0.1, 0.15) is 36.0 Å². The van der Waals surface area contributed by atoms with Crippen LogP contribution < -0.4 is 10.6 Å². The van der Waals surface area contributed by atoms with Gasteiger partial charge in [-0.15, -0.1) is 0 Å². The molecule has 8 heteroatoms. The highest BCUT2D eigenvalue weighted by Gasteiger charge is 2.28. The average molecular weight is 410 g/mol. The number of carbonyl (C=O) groups excluding carboxylic acids is 2. The Morgan fingerprint density at radius 2 is 1.79 bits per heavy atom. The van der Waals surface area contributed by atoms with Gasteiger partial charge in [-0.3, -0.25) is 24.5 Å². The number of nitrogens with one attached hydrogen (secondary N) is 2. The Labute approximate surface area is 172 Å². The third kappa shape index (κ3) is 4.35. The Kier molecular flexibility index (Phi) is 5.67. The number of hydrogen-bond donors (Lipinski definition) is 2. The standard InChI is InChI=1S/C21H20ClN5O2/c22-16-8-9-23-12-18(16)27-20(28)13-4-6-14(7-5-13)26-21(29)15-2-1-3-17-19(15)25-11-10-24-17/h1-3,8-14H,4-7H2,(H,26,29)(H,27,28)/t13-,14-. The SMILES string of the molecule is O=C(N[C@H]1CC[C@H](C(=O)Nc2cnccc2Cl)CC1)c1cccc2nccnc12. The molecule has 7 nitrogen and oxygen atoms in total. The van der Waals surface area contributed by atoms with Gasteiger partial charge in [0.15, 0.2) is 0 Å². The van der Waals surface area contributed by atoms with Crippen molar-refractivity contribution in [2.24, 2.45) is 5.92 Å². The van der Waals surface area contributed by atoms with E-state index in [0.29, 0.717) is 40.1 Å². The minimum atomic E-state index is -0.161. The van der Waals surface area contributed by atoms with Crippen LogP contribution in [0.5, 0.6) is 0 Å². The number of rotatable bonds is 4. The Morgan fingerprint density at radius 3 is 2.59 bits per heavy atom. The third-order valence-corrected chi connectivity index (χ3v) is 5.53. The third-order valence-electron chi connectivity index (χ3n) is 5.20. The second kappa shape index (κ2) is 8.53. The molecule has 0 saturated heterocycles. The van der Waals surface area contributed by atoms with Crippen molar-refractivity contribution in [2.45, 2.75) is 31.7 Å². The fourth-order valence-electron chi connectivity index (χ4n) is 3.64. The number of aromatic nitrogens is 3. The van der Waals surface area contributed by atoms with Crippen LogP contribution in [-0.2, 0) is 4.79 Å². The number of para-hydroxylation sites is 1. The lowest BCUT2D eigenvalue weighted by Gasteiger charge is -2.28. The first-order chi connectivity index (χ1) is 14.1. The summed E-state index contributed by atoms with van der Waals surface area (Å²) in [7, 11) is 0. The second-order valence-corrected chi connectivity index (χ2v) is 7.50. The van der Waals surface area contributed by atoms with Gasteiger partial charge in [0.1, 0.15) is 5.52 Å². The molecule has 1 saturated carbocycles. The second-order valence-electron chi connectivity index (χ2n) is 7.10. The van der Waals surface area contributed by atoms with E-state index in [1.54, 1.807) is 43.0 Å². The van der Waals surface area contributed by atoms with Crippen molar-refractivity contribution in [2.75, 3.05) is 5.32 Å². The van der Waals surface area contributed by atoms with Crippen LogP contribution in [0.3, 0.4) is 0 Å². The predicted molar refractivity (Wildman–Crippen MR) is 111 cm³/mol. The molecule has 2 heterocycles. The van der Waals surface area contributed by atoms with E-state index in [0.717, 1.165) is 12.8 Å². The van der Waals surface area contributed by atoms with E-state index in [9.17, 15) is 9.59 Å². The van der Waals surface area contributed by atoms with Crippen LogP contribution in [0.4, 0.5) is 5.69 Å². The summed E-state index contributed by atoms with van der Waals surface area (Å²) in [4.78, 5) is 37.8. The van der Waals surface area contributed by atoms with Crippen LogP contribution in [0.2, 0.25) is 5.02 Å². The zero-order valence-corrected chi connectivity index (χ0v) is 16.4. The van der Waals surface area contributed by atoms with E-state index < -0.39 is 0 Å². The maximum atomic E-state index is 12.7. The quantitative estimate of drug-likeness (QED) is 0.686. The Hall–Kier alpha value is -3.06. The van der Waals surface area contributed by atoms with E-state index >= 15 is 0 Å². The lowest BCUT2D eigenvalue weighted by atomic mass is 9.85. The molecule has 1 aromatic carbocycles. The molecule has 1 aliphatic rings. The normalized spacial score (nSPS) is 18.9. The van der Waals surface area contributed by atoms with Crippen LogP contribution in [-0.4, -0.2) is 32.8 Å². The van der Waals surface area contributed by atoms with Crippen molar-refractivity contribution in [1.29, 1.82) is 0 Å². The first-order valence-corrected chi connectivity index (χ1v) is 9.90. The van der Waals surface area contributed by atoms with Crippen molar-refractivity contribution in [1.82, 2.24) is 20.3 Å². The van der Waals surface area contributed by atoms with Crippen molar-refractivity contribution >= 4 is 40.1 Å². The number of fused-ring (bicyclic) bond motifs is 1. The van der Waals surface area contributed by atoms with E-state index in [-0.39, 0.29) is 23.8 Å². The van der Waals surface area contributed by atoms with Crippen LogP contribution in [0, 0.1) is 5.92 Å². The Balaban J connectivity index is 1.34. The summed E-state index contributed by atoms with van der Waals surface area (Å²) in [5.74, 6) is -0.331. The zero-order chi connectivity index (χ0) is 20.2. The van der Waals surface area contributed by atoms with Gasteiger partial charge in [-0.2, -0.15) is 0 Å². The molecule has 0 aliphatic heterocycles. The Bertz CT molecular complexity index is 1040. The summed E-state index contributed by atoms with van der Waals surface area (Å²) >= 11 is 6.08. The van der Waals surface area contributed by atoms with Crippen molar-refractivity contribution in [3.05, 3.63) is 59.6 Å². The van der Waals surface area contributed by atoms with Gasteiger partial charge >= 0.3 is 0 Å². The van der Waals surface area contributed by atoms with E-state index in [4.69, 9.17) is 11.6 Å². The highest BCUT2D eigenvalue weighted by atomic mass is 35.5. The van der Waals surface area contributed by atoms with Gasteiger partial charge in [0, 0.05) is 30.6 Å². The number of benzene rings is 1. The maximum Gasteiger partial charge on any atom is 0.253 e. The summed E-state index contributed by atoms with van der Waals surface area (Å²) in [6.45, 7) is 0. The molecule has 0 spiro atoms. The maximum absolute atomic E-state index is 12.7. The highest BCUT2D eigenvalue weighted by molar-refractivity contribution is 6.33. The van der Waals surface area contributed by atoms with Gasteiger partial charge < -0.3 is 10.6 Å². The van der Waals surface area contributed by atoms with E-state index in [1.165, 1.54) is 0 Å². The number of anilines is 1. The molecule has 0 radical (unpaired) electrons. The Morgan fingerprint density at radius 1 is 1.00 bits per heavy atom. The van der Waals surface area contributed by atoms with Gasteiger partial charge in [0.25, 0.3) is 5.91 Å². The van der Waals surface area contributed by atoms with Crippen molar-refractivity contribution in [3.63, 3.8) is 0 Å². The molecule has 2 aromatic heterocycles. The number of carbonyl (C=O) groups is 2. The minimum absolute atomic E-state index is 0.0282. The molecule has 2 N–H and O–H groups in total. The lowest BCUT2D eigenvalue weighted by molar-refractivity contribution is -0.120. The van der Waals surface area contributed by atoms with Gasteiger partial charge in [0.2, 0.25) is 5.91 Å². The fourth-order valence-corrected chi connectivity index (χ4v) is 3.80. The van der Waals surface area contributed by atoms with E-state index in [2.05, 4.69) is 25.6 Å². The first kappa shape index (κ1) is 19.3. The molecule has 4 rings (SSSR count). The monoisotopic (exact) mass is 409 g/mol.